The molecule has 2 amide bonds. The van der Waals surface area contributed by atoms with Gasteiger partial charge in [-0.1, -0.05) is 6.07 Å². The minimum Gasteiger partial charge on any atom is -0.451 e. The maximum absolute atomic E-state index is 14.5. The van der Waals surface area contributed by atoms with Gasteiger partial charge in [-0.05, 0) is 30.3 Å². The van der Waals surface area contributed by atoms with E-state index in [0.717, 1.165) is 18.2 Å². The van der Waals surface area contributed by atoms with Gasteiger partial charge < -0.3 is 15.4 Å². The van der Waals surface area contributed by atoms with Crippen molar-refractivity contribution < 1.29 is 35.9 Å². The molecule has 1 heterocycles. The van der Waals surface area contributed by atoms with Gasteiger partial charge in [0.05, 0.1) is 22.3 Å². The molecule has 4 aromatic rings. The smallest absolute Gasteiger partial charge is 0.416 e. The monoisotopic (exact) mass is 478 g/mol. The molecular formula is C22H12F6N4O2. The van der Waals surface area contributed by atoms with E-state index >= 15 is 0 Å². The first-order chi connectivity index (χ1) is 16.1. The van der Waals surface area contributed by atoms with Gasteiger partial charge in [0.1, 0.15) is 5.75 Å². The second-order valence-corrected chi connectivity index (χ2v) is 6.83. The molecular weight excluding hydrogens is 466 g/mol. The summed E-state index contributed by atoms with van der Waals surface area (Å²) >= 11 is 0. The zero-order chi connectivity index (χ0) is 24.5. The van der Waals surface area contributed by atoms with E-state index in [4.69, 9.17) is 4.74 Å². The maximum Gasteiger partial charge on any atom is 0.416 e. The highest BCUT2D eigenvalue weighted by Crippen LogP contribution is 2.34. The number of anilines is 2. The van der Waals surface area contributed by atoms with Crippen LogP contribution in [0.25, 0.3) is 11.0 Å². The molecule has 34 heavy (non-hydrogen) atoms. The van der Waals surface area contributed by atoms with Crippen LogP contribution in [0.3, 0.4) is 0 Å². The Morgan fingerprint density at radius 1 is 0.853 bits per heavy atom. The molecule has 0 aliphatic heterocycles. The van der Waals surface area contributed by atoms with Gasteiger partial charge in [0.2, 0.25) is 11.6 Å². The summed E-state index contributed by atoms with van der Waals surface area (Å²) in [7, 11) is 0. The van der Waals surface area contributed by atoms with E-state index in [9.17, 15) is 31.1 Å². The highest BCUT2D eigenvalue weighted by molar-refractivity contribution is 6.00. The maximum atomic E-state index is 14.5. The summed E-state index contributed by atoms with van der Waals surface area (Å²) in [5.74, 6) is -5.82. The minimum absolute atomic E-state index is 0.0480. The predicted octanol–water partition coefficient (Wildman–Crippen LogP) is 6.50. The second kappa shape index (κ2) is 8.89. The van der Waals surface area contributed by atoms with Crippen LogP contribution >= 0.6 is 0 Å². The Bertz CT molecular complexity index is 1390. The van der Waals surface area contributed by atoms with E-state index in [1.165, 1.54) is 30.6 Å². The Kier molecular flexibility index (Phi) is 5.97. The van der Waals surface area contributed by atoms with E-state index in [-0.39, 0.29) is 11.4 Å². The number of hydrogen-bond acceptors (Lipinski definition) is 4. The average Bonchev–Trinajstić information content (AvgIpc) is 2.79. The predicted molar refractivity (Wildman–Crippen MR) is 110 cm³/mol. The summed E-state index contributed by atoms with van der Waals surface area (Å²) in [5.41, 5.74) is -1.34. The number of rotatable bonds is 4. The highest BCUT2D eigenvalue weighted by atomic mass is 19.4. The first-order valence-electron chi connectivity index (χ1n) is 9.43. The molecule has 0 aliphatic rings. The van der Waals surface area contributed by atoms with Crippen LogP contribution in [0.2, 0.25) is 0 Å². The van der Waals surface area contributed by atoms with E-state index in [0.29, 0.717) is 23.2 Å². The Morgan fingerprint density at radius 3 is 2.32 bits per heavy atom. The van der Waals surface area contributed by atoms with Gasteiger partial charge in [-0.2, -0.15) is 17.6 Å². The third-order valence-corrected chi connectivity index (χ3v) is 4.47. The van der Waals surface area contributed by atoms with Crippen molar-refractivity contribution in [2.24, 2.45) is 0 Å². The SMILES string of the molecule is O=C(Nc1cccc(C(F)(F)F)c1)Nc1cc(F)c(Oc2ccc3nccnc3c2)c(F)c1F. The van der Waals surface area contributed by atoms with Gasteiger partial charge in [0.15, 0.2) is 11.6 Å². The van der Waals surface area contributed by atoms with Crippen molar-refractivity contribution in [1.82, 2.24) is 9.97 Å². The quantitative estimate of drug-likeness (QED) is 0.259. The number of fused-ring (bicyclic) bond motifs is 1. The van der Waals surface area contributed by atoms with Crippen molar-refractivity contribution >= 4 is 28.4 Å². The fourth-order valence-electron chi connectivity index (χ4n) is 2.95. The molecule has 0 bridgehead atoms. The van der Waals surface area contributed by atoms with Gasteiger partial charge in [0, 0.05) is 30.2 Å². The molecule has 0 unspecified atom stereocenters. The Morgan fingerprint density at radius 2 is 1.59 bits per heavy atom. The topological polar surface area (TPSA) is 76.1 Å². The third-order valence-electron chi connectivity index (χ3n) is 4.47. The summed E-state index contributed by atoms with van der Waals surface area (Å²) < 4.78 is 87.0. The summed E-state index contributed by atoms with van der Waals surface area (Å²) in [6.45, 7) is 0. The lowest BCUT2D eigenvalue weighted by molar-refractivity contribution is -0.137. The van der Waals surface area contributed by atoms with Gasteiger partial charge in [-0.15, -0.1) is 0 Å². The zero-order valence-electron chi connectivity index (χ0n) is 16.8. The van der Waals surface area contributed by atoms with Gasteiger partial charge in [-0.3, -0.25) is 9.97 Å². The van der Waals surface area contributed by atoms with Gasteiger partial charge in [0.25, 0.3) is 0 Å². The van der Waals surface area contributed by atoms with Crippen LogP contribution in [0.15, 0.2) is 60.9 Å². The first kappa shape index (κ1) is 22.8. The third kappa shape index (κ3) is 4.85. The number of carbonyl (C=O) groups excluding carboxylic acids is 1. The van der Waals surface area contributed by atoms with Crippen molar-refractivity contribution in [2.45, 2.75) is 6.18 Å². The number of ether oxygens (including phenoxy) is 1. The summed E-state index contributed by atoms with van der Waals surface area (Å²) in [6.07, 6.45) is -1.80. The van der Waals surface area contributed by atoms with Crippen molar-refractivity contribution in [3.8, 4) is 11.5 Å². The lowest BCUT2D eigenvalue weighted by Crippen LogP contribution is -2.21. The van der Waals surface area contributed by atoms with Gasteiger partial charge in [-0.25, -0.2) is 13.6 Å². The minimum atomic E-state index is -4.65. The molecule has 4 rings (SSSR count). The molecule has 0 atom stereocenters. The lowest BCUT2D eigenvalue weighted by atomic mass is 10.2. The van der Waals surface area contributed by atoms with Crippen LogP contribution < -0.4 is 15.4 Å². The Balaban J connectivity index is 1.53. The van der Waals surface area contributed by atoms with Gasteiger partial charge >= 0.3 is 12.2 Å². The first-order valence-corrected chi connectivity index (χ1v) is 9.43. The fourth-order valence-corrected chi connectivity index (χ4v) is 2.95. The van der Waals surface area contributed by atoms with Crippen LogP contribution in [0.1, 0.15) is 5.56 Å². The number of halogens is 6. The molecule has 0 radical (unpaired) electrons. The molecule has 0 spiro atoms. The van der Waals surface area contributed by atoms with Crippen molar-refractivity contribution in [3.63, 3.8) is 0 Å². The molecule has 0 saturated heterocycles. The van der Waals surface area contributed by atoms with Crippen LogP contribution in [0, 0.1) is 17.5 Å². The number of carbonyl (C=O) groups is 1. The number of urea groups is 1. The molecule has 0 saturated carbocycles. The van der Waals surface area contributed by atoms with Crippen molar-refractivity contribution in [2.75, 3.05) is 10.6 Å². The molecule has 174 valence electrons. The number of alkyl halides is 3. The molecule has 2 N–H and O–H groups in total. The summed E-state index contributed by atoms with van der Waals surface area (Å²) in [6, 6.07) is 7.05. The molecule has 12 heteroatoms. The van der Waals surface area contributed by atoms with Crippen LogP contribution in [-0.2, 0) is 6.18 Å². The molecule has 0 fully saturated rings. The van der Waals surface area contributed by atoms with Crippen molar-refractivity contribution in [1.29, 1.82) is 0 Å². The second-order valence-electron chi connectivity index (χ2n) is 6.83. The standard InChI is InChI=1S/C22H12F6N4O2/c23-14-10-17(32-21(33)31-12-3-1-2-11(8-12)22(26,27)28)18(24)19(25)20(14)34-13-4-5-15-16(9-13)30-7-6-29-15/h1-10H,(H2,31,32,33). The largest absolute Gasteiger partial charge is 0.451 e. The normalized spacial score (nSPS) is 11.4. The molecule has 1 aromatic heterocycles. The zero-order valence-corrected chi connectivity index (χ0v) is 16.8. The number of nitrogens with zero attached hydrogens (tertiary/aromatic N) is 2. The number of nitrogens with one attached hydrogen (secondary N) is 2. The average molecular weight is 478 g/mol. The summed E-state index contributed by atoms with van der Waals surface area (Å²) in [4.78, 5) is 20.1. The fraction of sp³-hybridized carbons (Fsp3) is 0.0455. The molecule has 3 aromatic carbocycles. The number of amides is 2. The van der Waals surface area contributed by atoms with E-state index in [1.54, 1.807) is 0 Å². The number of hydrogen-bond donors (Lipinski definition) is 2. The number of aromatic nitrogens is 2. The molecule has 0 aliphatic carbocycles. The highest BCUT2D eigenvalue weighted by Gasteiger charge is 2.30. The van der Waals surface area contributed by atoms with E-state index in [1.807, 2.05) is 10.6 Å². The lowest BCUT2D eigenvalue weighted by Gasteiger charge is -2.13. The molecule has 6 nitrogen and oxygen atoms in total. The number of benzene rings is 3. The van der Waals surface area contributed by atoms with Crippen molar-refractivity contribution in [3.05, 3.63) is 83.9 Å². The Labute approximate surface area is 187 Å². The van der Waals surface area contributed by atoms with Crippen LogP contribution in [0.5, 0.6) is 11.5 Å². The summed E-state index contributed by atoms with van der Waals surface area (Å²) in [5, 5.41) is 3.89. The van der Waals surface area contributed by atoms with E-state index < -0.39 is 46.7 Å². The van der Waals surface area contributed by atoms with Crippen LogP contribution in [-0.4, -0.2) is 16.0 Å². The van der Waals surface area contributed by atoms with E-state index in [2.05, 4.69) is 9.97 Å². The van der Waals surface area contributed by atoms with Crippen LogP contribution in [0.4, 0.5) is 42.5 Å². The Hall–Kier alpha value is -4.35.